The number of nitro groups is 1. The minimum Gasteiger partial charge on any atom is -0.357 e. The van der Waals surface area contributed by atoms with Crippen LogP contribution in [0.4, 0.5) is 11.5 Å². The summed E-state index contributed by atoms with van der Waals surface area (Å²) in [4.78, 5) is 34.0. The van der Waals surface area contributed by atoms with Crippen LogP contribution in [0.3, 0.4) is 0 Å². The summed E-state index contributed by atoms with van der Waals surface area (Å²) in [6.07, 6.45) is 8.74. The highest BCUT2D eigenvalue weighted by molar-refractivity contribution is 5.95. The van der Waals surface area contributed by atoms with Gasteiger partial charge < -0.3 is 14.8 Å². The molecule has 0 unspecified atom stereocenters. The van der Waals surface area contributed by atoms with Gasteiger partial charge >= 0.3 is 0 Å². The Balaban J connectivity index is 1.44. The third-order valence-electron chi connectivity index (χ3n) is 4.91. The van der Waals surface area contributed by atoms with Crippen molar-refractivity contribution in [3.05, 3.63) is 76.5 Å². The van der Waals surface area contributed by atoms with Crippen LogP contribution in [0.15, 0.2) is 55.2 Å². The molecule has 148 valence electrons. The maximum atomic E-state index is 12.5. The summed E-state index contributed by atoms with van der Waals surface area (Å²) in [6.45, 7) is 2.34. The summed E-state index contributed by atoms with van der Waals surface area (Å²) in [5.41, 5.74) is 1.28. The number of benzene rings is 1. The molecule has 29 heavy (non-hydrogen) atoms. The molecule has 0 aliphatic carbocycles. The fourth-order valence-corrected chi connectivity index (χ4v) is 3.37. The van der Waals surface area contributed by atoms with Gasteiger partial charge in [0.15, 0.2) is 0 Å². The van der Waals surface area contributed by atoms with Crippen LogP contribution in [-0.4, -0.2) is 38.5 Å². The van der Waals surface area contributed by atoms with Gasteiger partial charge in [-0.1, -0.05) is 6.07 Å². The standard InChI is InChI=1S/C20H20N6O3/c27-20(23-13-15-3-6-19(22-12-15)24-8-1-2-9-24)16-4-5-17(18(11-16)26(28)29)25-10-7-21-14-25/h3-7,10-12,14H,1-2,8-9,13H2,(H,23,27). The van der Waals surface area contributed by atoms with Crippen LogP contribution in [-0.2, 0) is 6.54 Å². The number of pyridine rings is 1. The molecule has 2 aromatic heterocycles. The normalized spacial score (nSPS) is 13.4. The smallest absolute Gasteiger partial charge is 0.294 e. The fraction of sp³-hybridized carbons (Fsp3) is 0.250. The van der Waals surface area contributed by atoms with E-state index in [9.17, 15) is 14.9 Å². The summed E-state index contributed by atoms with van der Waals surface area (Å²) in [5, 5.41) is 14.2. The molecule has 9 nitrogen and oxygen atoms in total. The van der Waals surface area contributed by atoms with E-state index in [0.29, 0.717) is 12.2 Å². The number of amides is 1. The Morgan fingerprint density at radius 1 is 1.21 bits per heavy atom. The van der Waals surface area contributed by atoms with E-state index in [1.54, 1.807) is 24.5 Å². The lowest BCUT2D eigenvalue weighted by atomic mass is 10.1. The van der Waals surface area contributed by atoms with Crippen molar-refractivity contribution in [2.24, 2.45) is 0 Å². The zero-order valence-corrected chi connectivity index (χ0v) is 15.7. The first-order valence-corrected chi connectivity index (χ1v) is 9.36. The number of anilines is 1. The number of hydrogen-bond donors (Lipinski definition) is 1. The van der Waals surface area contributed by atoms with Crippen LogP contribution >= 0.6 is 0 Å². The third kappa shape index (κ3) is 4.08. The molecule has 4 rings (SSSR count). The largest absolute Gasteiger partial charge is 0.357 e. The minimum atomic E-state index is -0.507. The fourth-order valence-electron chi connectivity index (χ4n) is 3.37. The average Bonchev–Trinajstić information content (AvgIpc) is 3.46. The molecule has 1 fully saturated rings. The van der Waals surface area contributed by atoms with Crippen molar-refractivity contribution in [1.29, 1.82) is 0 Å². The second-order valence-electron chi connectivity index (χ2n) is 6.83. The molecule has 0 atom stereocenters. The van der Waals surface area contributed by atoms with Gasteiger partial charge in [0.2, 0.25) is 0 Å². The maximum Gasteiger partial charge on any atom is 0.294 e. The van der Waals surface area contributed by atoms with Gasteiger partial charge in [-0.2, -0.15) is 0 Å². The van der Waals surface area contributed by atoms with Crippen LogP contribution in [0.25, 0.3) is 5.69 Å². The van der Waals surface area contributed by atoms with Crippen molar-refractivity contribution in [3.8, 4) is 5.69 Å². The third-order valence-corrected chi connectivity index (χ3v) is 4.91. The summed E-state index contributed by atoms with van der Waals surface area (Å²) in [7, 11) is 0. The molecule has 1 saturated heterocycles. The summed E-state index contributed by atoms with van der Waals surface area (Å²) in [5.74, 6) is 0.567. The van der Waals surface area contributed by atoms with Crippen LogP contribution in [0.1, 0.15) is 28.8 Å². The van der Waals surface area contributed by atoms with E-state index in [4.69, 9.17) is 0 Å². The highest BCUT2D eigenvalue weighted by atomic mass is 16.6. The van der Waals surface area contributed by atoms with E-state index >= 15 is 0 Å². The van der Waals surface area contributed by atoms with Gasteiger partial charge in [-0.3, -0.25) is 14.9 Å². The molecule has 0 spiro atoms. The van der Waals surface area contributed by atoms with Crippen molar-refractivity contribution < 1.29 is 9.72 Å². The van der Waals surface area contributed by atoms with E-state index < -0.39 is 4.92 Å². The summed E-state index contributed by atoms with van der Waals surface area (Å²) < 4.78 is 1.54. The van der Waals surface area contributed by atoms with E-state index in [1.165, 1.54) is 36.0 Å². The van der Waals surface area contributed by atoms with Gasteiger partial charge in [0, 0.05) is 49.9 Å². The zero-order chi connectivity index (χ0) is 20.2. The minimum absolute atomic E-state index is 0.160. The van der Waals surface area contributed by atoms with Crippen molar-refractivity contribution in [1.82, 2.24) is 19.9 Å². The Kier molecular flexibility index (Phi) is 5.19. The second kappa shape index (κ2) is 8.09. The van der Waals surface area contributed by atoms with E-state index in [-0.39, 0.29) is 17.2 Å². The summed E-state index contributed by atoms with van der Waals surface area (Å²) >= 11 is 0. The number of nitrogens with one attached hydrogen (secondary N) is 1. The van der Waals surface area contributed by atoms with E-state index in [2.05, 4.69) is 20.2 Å². The lowest BCUT2D eigenvalue weighted by Crippen LogP contribution is -2.23. The number of hydrogen-bond acceptors (Lipinski definition) is 6. The molecule has 0 radical (unpaired) electrons. The molecule has 1 aromatic carbocycles. The molecule has 1 amide bonds. The number of carbonyl (C=O) groups excluding carboxylic acids is 1. The highest BCUT2D eigenvalue weighted by Crippen LogP contribution is 2.24. The lowest BCUT2D eigenvalue weighted by molar-refractivity contribution is -0.384. The zero-order valence-electron chi connectivity index (χ0n) is 15.7. The molecular weight excluding hydrogens is 372 g/mol. The second-order valence-corrected chi connectivity index (χ2v) is 6.83. The van der Waals surface area contributed by atoms with Crippen LogP contribution < -0.4 is 10.2 Å². The van der Waals surface area contributed by atoms with E-state index in [1.807, 2.05) is 12.1 Å². The molecule has 0 saturated carbocycles. The molecule has 1 N–H and O–H groups in total. The Bertz CT molecular complexity index is 1010. The monoisotopic (exact) mass is 392 g/mol. The highest BCUT2D eigenvalue weighted by Gasteiger charge is 2.19. The van der Waals surface area contributed by atoms with Gasteiger partial charge in [0.1, 0.15) is 11.5 Å². The molecule has 9 heteroatoms. The predicted octanol–water partition coefficient (Wildman–Crippen LogP) is 2.71. The van der Waals surface area contributed by atoms with Crippen molar-refractivity contribution in [2.45, 2.75) is 19.4 Å². The Morgan fingerprint density at radius 2 is 2.03 bits per heavy atom. The number of imidazole rings is 1. The first kappa shape index (κ1) is 18.6. The molecule has 1 aliphatic rings. The van der Waals surface area contributed by atoms with Gasteiger partial charge in [0.05, 0.1) is 11.3 Å². The Morgan fingerprint density at radius 3 is 2.69 bits per heavy atom. The Labute approximate surface area is 167 Å². The molecule has 0 bridgehead atoms. The first-order chi connectivity index (χ1) is 14.1. The van der Waals surface area contributed by atoms with Gasteiger partial charge in [-0.05, 0) is 36.6 Å². The lowest BCUT2D eigenvalue weighted by Gasteiger charge is -2.16. The molecule has 3 heterocycles. The number of nitro benzene ring substituents is 1. The maximum absolute atomic E-state index is 12.5. The van der Waals surface area contributed by atoms with Gasteiger partial charge in [0.25, 0.3) is 11.6 Å². The van der Waals surface area contributed by atoms with E-state index in [0.717, 1.165) is 24.5 Å². The summed E-state index contributed by atoms with van der Waals surface area (Å²) in [6, 6.07) is 8.27. The number of carbonyl (C=O) groups is 1. The van der Waals surface area contributed by atoms with Crippen LogP contribution in [0, 0.1) is 10.1 Å². The van der Waals surface area contributed by atoms with Gasteiger partial charge in [-0.15, -0.1) is 0 Å². The SMILES string of the molecule is O=C(NCc1ccc(N2CCCC2)nc1)c1ccc(-n2ccnc2)c([N+](=O)[O-])c1. The van der Waals surface area contributed by atoms with Crippen LogP contribution in [0.2, 0.25) is 0 Å². The molecule has 1 aliphatic heterocycles. The first-order valence-electron chi connectivity index (χ1n) is 9.36. The average molecular weight is 392 g/mol. The Hall–Kier alpha value is -3.75. The molecular formula is C20H20N6O3. The van der Waals surface area contributed by atoms with Crippen molar-refractivity contribution >= 4 is 17.4 Å². The van der Waals surface area contributed by atoms with Crippen molar-refractivity contribution in [3.63, 3.8) is 0 Å². The topological polar surface area (TPSA) is 106 Å². The predicted molar refractivity (Wildman–Crippen MR) is 107 cm³/mol. The number of aromatic nitrogens is 3. The quantitative estimate of drug-likeness (QED) is 0.511. The van der Waals surface area contributed by atoms with Gasteiger partial charge in [-0.25, -0.2) is 9.97 Å². The number of rotatable bonds is 6. The van der Waals surface area contributed by atoms with Crippen LogP contribution in [0.5, 0.6) is 0 Å². The molecule has 3 aromatic rings. The number of nitrogens with zero attached hydrogens (tertiary/aromatic N) is 5. The van der Waals surface area contributed by atoms with Crippen molar-refractivity contribution in [2.75, 3.05) is 18.0 Å².